The van der Waals surface area contributed by atoms with Crippen LogP contribution in [0, 0.1) is 0 Å². The Kier molecular flexibility index (Phi) is 3.56. The van der Waals surface area contributed by atoms with Crippen LogP contribution in [0.3, 0.4) is 0 Å². The summed E-state index contributed by atoms with van der Waals surface area (Å²) in [5.41, 5.74) is 0.291. The SMILES string of the molecule is CNC(C)(C)CNC1(C)CCOC1C. The molecular formula is C11H24N2O. The Morgan fingerprint density at radius 1 is 1.50 bits per heavy atom. The van der Waals surface area contributed by atoms with Gasteiger partial charge in [-0.15, -0.1) is 0 Å². The predicted octanol–water partition coefficient (Wildman–Crippen LogP) is 1.14. The van der Waals surface area contributed by atoms with Gasteiger partial charge >= 0.3 is 0 Å². The summed E-state index contributed by atoms with van der Waals surface area (Å²) in [6, 6.07) is 0. The highest BCUT2D eigenvalue weighted by Crippen LogP contribution is 2.25. The van der Waals surface area contributed by atoms with Crippen molar-refractivity contribution in [2.75, 3.05) is 20.2 Å². The Morgan fingerprint density at radius 3 is 2.57 bits per heavy atom. The van der Waals surface area contributed by atoms with Crippen LogP contribution in [0.5, 0.6) is 0 Å². The maximum absolute atomic E-state index is 5.58. The van der Waals surface area contributed by atoms with Gasteiger partial charge in [0, 0.05) is 24.2 Å². The maximum atomic E-state index is 5.58. The highest BCUT2D eigenvalue weighted by Gasteiger charge is 2.37. The van der Waals surface area contributed by atoms with Gasteiger partial charge in [0.1, 0.15) is 0 Å². The van der Waals surface area contributed by atoms with Crippen molar-refractivity contribution in [3.63, 3.8) is 0 Å². The molecular weight excluding hydrogens is 176 g/mol. The van der Waals surface area contributed by atoms with Crippen LogP contribution >= 0.6 is 0 Å². The van der Waals surface area contributed by atoms with Crippen LogP contribution in [0.4, 0.5) is 0 Å². The molecule has 0 amide bonds. The summed E-state index contributed by atoms with van der Waals surface area (Å²) in [5, 5.41) is 6.91. The minimum atomic E-state index is 0.144. The Labute approximate surface area is 87.6 Å². The molecule has 3 nitrogen and oxygen atoms in total. The Bertz CT molecular complexity index is 194. The summed E-state index contributed by atoms with van der Waals surface area (Å²) in [5.74, 6) is 0. The summed E-state index contributed by atoms with van der Waals surface area (Å²) in [6.07, 6.45) is 1.42. The minimum Gasteiger partial charge on any atom is -0.377 e. The molecule has 0 bridgehead atoms. The number of hydrogen-bond acceptors (Lipinski definition) is 3. The molecule has 2 atom stereocenters. The monoisotopic (exact) mass is 200 g/mol. The largest absolute Gasteiger partial charge is 0.377 e. The molecule has 1 fully saturated rings. The molecule has 0 radical (unpaired) electrons. The van der Waals surface area contributed by atoms with Gasteiger partial charge in [-0.2, -0.15) is 0 Å². The first kappa shape index (κ1) is 12.0. The second-order valence-electron chi connectivity index (χ2n) is 5.17. The topological polar surface area (TPSA) is 33.3 Å². The summed E-state index contributed by atoms with van der Waals surface area (Å²) in [6.45, 7) is 10.6. The molecule has 0 aromatic heterocycles. The zero-order valence-corrected chi connectivity index (χ0v) is 10.1. The van der Waals surface area contributed by atoms with Gasteiger partial charge in [-0.1, -0.05) is 0 Å². The van der Waals surface area contributed by atoms with Crippen LogP contribution in [-0.2, 0) is 4.74 Å². The predicted molar refractivity (Wildman–Crippen MR) is 59.6 cm³/mol. The van der Waals surface area contributed by atoms with Crippen molar-refractivity contribution in [1.82, 2.24) is 10.6 Å². The summed E-state index contributed by atoms with van der Waals surface area (Å²) in [4.78, 5) is 0. The fraction of sp³-hybridized carbons (Fsp3) is 1.00. The quantitative estimate of drug-likeness (QED) is 0.714. The lowest BCUT2D eigenvalue weighted by Gasteiger charge is -2.34. The number of ether oxygens (including phenoxy) is 1. The Morgan fingerprint density at radius 2 is 2.14 bits per heavy atom. The van der Waals surface area contributed by atoms with Crippen molar-refractivity contribution < 1.29 is 4.74 Å². The first-order valence-corrected chi connectivity index (χ1v) is 5.45. The van der Waals surface area contributed by atoms with Gasteiger partial charge < -0.3 is 15.4 Å². The Hall–Kier alpha value is -0.120. The number of nitrogens with one attached hydrogen (secondary N) is 2. The molecule has 0 spiro atoms. The fourth-order valence-electron chi connectivity index (χ4n) is 1.58. The van der Waals surface area contributed by atoms with E-state index in [4.69, 9.17) is 4.74 Å². The van der Waals surface area contributed by atoms with Crippen LogP contribution < -0.4 is 10.6 Å². The van der Waals surface area contributed by atoms with Crippen molar-refractivity contribution in [2.45, 2.75) is 51.3 Å². The van der Waals surface area contributed by atoms with Crippen LogP contribution in [0.1, 0.15) is 34.1 Å². The molecule has 3 heteroatoms. The molecule has 0 saturated carbocycles. The fourth-order valence-corrected chi connectivity index (χ4v) is 1.58. The lowest BCUT2D eigenvalue weighted by Crippen LogP contribution is -2.55. The van der Waals surface area contributed by atoms with E-state index in [1.54, 1.807) is 0 Å². The lowest BCUT2D eigenvalue weighted by atomic mass is 9.93. The Balaban J connectivity index is 2.44. The molecule has 2 unspecified atom stereocenters. The average Bonchev–Trinajstić information content (AvgIpc) is 2.45. The van der Waals surface area contributed by atoms with Gasteiger partial charge in [-0.25, -0.2) is 0 Å². The van der Waals surface area contributed by atoms with Crippen LogP contribution in [-0.4, -0.2) is 37.4 Å². The van der Waals surface area contributed by atoms with E-state index in [1.165, 1.54) is 0 Å². The van der Waals surface area contributed by atoms with Crippen LogP contribution in [0.15, 0.2) is 0 Å². The molecule has 2 N–H and O–H groups in total. The van der Waals surface area contributed by atoms with Gasteiger partial charge in [-0.3, -0.25) is 0 Å². The van der Waals surface area contributed by atoms with Crippen molar-refractivity contribution in [1.29, 1.82) is 0 Å². The highest BCUT2D eigenvalue weighted by atomic mass is 16.5. The molecule has 1 aliphatic heterocycles. The molecule has 84 valence electrons. The molecule has 0 aromatic rings. The van der Waals surface area contributed by atoms with Crippen molar-refractivity contribution in [3.05, 3.63) is 0 Å². The van der Waals surface area contributed by atoms with E-state index >= 15 is 0 Å². The van der Waals surface area contributed by atoms with Crippen molar-refractivity contribution in [2.24, 2.45) is 0 Å². The number of likely N-dealkylation sites (N-methyl/N-ethyl adjacent to an activating group) is 1. The van der Waals surface area contributed by atoms with Crippen LogP contribution in [0.25, 0.3) is 0 Å². The lowest BCUT2D eigenvalue weighted by molar-refractivity contribution is 0.0863. The third kappa shape index (κ3) is 2.69. The maximum Gasteiger partial charge on any atom is 0.0726 e. The molecule has 1 rings (SSSR count). The molecule has 1 aliphatic rings. The third-order valence-corrected chi connectivity index (χ3v) is 3.50. The van der Waals surface area contributed by atoms with E-state index in [1.807, 2.05) is 7.05 Å². The standard InChI is InChI=1S/C11H24N2O/c1-9-11(4,6-7-14-9)13-8-10(2,3)12-5/h9,12-13H,6-8H2,1-5H3. The van der Waals surface area contributed by atoms with E-state index in [0.717, 1.165) is 19.6 Å². The second kappa shape index (κ2) is 4.17. The van der Waals surface area contributed by atoms with E-state index in [-0.39, 0.29) is 11.1 Å². The zero-order chi connectivity index (χ0) is 10.8. The van der Waals surface area contributed by atoms with E-state index in [2.05, 4.69) is 38.3 Å². The molecule has 14 heavy (non-hydrogen) atoms. The smallest absolute Gasteiger partial charge is 0.0726 e. The minimum absolute atomic E-state index is 0.144. The number of rotatable bonds is 4. The van der Waals surface area contributed by atoms with Gasteiger partial charge in [-0.05, 0) is 41.2 Å². The summed E-state index contributed by atoms with van der Waals surface area (Å²) in [7, 11) is 2.00. The molecule has 0 aliphatic carbocycles. The van der Waals surface area contributed by atoms with Crippen LogP contribution in [0.2, 0.25) is 0 Å². The number of hydrogen-bond donors (Lipinski definition) is 2. The van der Waals surface area contributed by atoms with Crippen molar-refractivity contribution >= 4 is 0 Å². The first-order valence-electron chi connectivity index (χ1n) is 5.45. The third-order valence-electron chi connectivity index (χ3n) is 3.50. The first-order chi connectivity index (χ1) is 6.40. The van der Waals surface area contributed by atoms with E-state index in [9.17, 15) is 0 Å². The summed E-state index contributed by atoms with van der Waals surface area (Å²) < 4.78 is 5.58. The van der Waals surface area contributed by atoms with Crippen molar-refractivity contribution in [3.8, 4) is 0 Å². The van der Waals surface area contributed by atoms with Gasteiger partial charge in [0.15, 0.2) is 0 Å². The zero-order valence-electron chi connectivity index (χ0n) is 10.1. The summed E-state index contributed by atoms with van der Waals surface area (Å²) >= 11 is 0. The molecule has 1 heterocycles. The van der Waals surface area contributed by atoms with E-state index in [0.29, 0.717) is 6.10 Å². The highest BCUT2D eigenvalue weighted by molar-refractivity contribution is 4.95. The average molecular weight is 200 g/mol. The molecule has 0 aromatic carbocycles. The van der Waals surface area contributed by atoms with Gasteiger partial charge in [0.2, 0.25) is 0 Å². The van der Waals surface area contributed by atoms with Gasteiger partial charge in [0.05, 0.1) is 6.10 Å². The van der Waals surface area contributed by atoms with E-state index < -0.39 is 0 Å². The van der Waals surface area contributed by atoms with Gasteiger partial charge in [0.25, 0.3) is 0 Å². The normalized spacial score (nSPS) is 33.6. The second-order valence-corrected chi connectivity index (χ2v) is 5.17. The molecule has 1 saturated heterocycles.